The van der Waals surface area contributed by atoms with E-state index in [1.54, 1.807) is 60.7 Å². The second kappa shape index (κ2) is 11.5. The first-order valence-corrected chi connectivity index (χ1v) is 12.3. The number of rotatable bonds is 11. The highest BCUT2D eigenvalue weighted by molar-refractivity contribution is 9.10. The molecule has 34 heavy (non-hydrogen) atoms. The molecule has 0 saturated heterocycles. The fraction of sp³-hybridized carbons (Fsp3) is 0.250. The molecule has 182 valence electrons. The molecule has 8 nitrogen and oxygen atoms in total. The van der Waals surface area contributed by atoms with E-state index >= 15 is 0 Å². The third-order valence-electron chi connectivity index (χ3n) is 4.95. The smallest absolute Gasteiger partial charge is 0.385 e. The summed E-state index contributed by atoms with van der Waals surface area (Å²) < 4.78 is 55.4. The zero-order valence-corrected chi connectivity index (χ0v) is 21.7. The molecule has 3 aromatic rings. The van der Waals surface area contributed by atoms with Gasteiger partial charge in [0.15, 0.2) is 23.0 Å². The maximum atomic E-state index is 13.3. The second-order valence-electron chi connectivity index (χ2n) is 7.14. The van der Waals surface area contributed by atoms with Crippen LogP contribution in [-0.4, -0.2) is 41.2 Å². The predicted molar refractivity (Wildman–Crippen MR) is 132 cm³/mol. The predicted octanol–water partition coefficient (Wildman–Crippen LogP) is 4.81. The van der Waals surface area contributed by atoms with Crippen LogP contribution in [0, 0.1) is 0 Å². The van der Waals surface area contributed by atoms with E-state index in [-0.39, 0.29) is 18.8 Å². The fourth-order valence-corrected chi connectivity index (χ4v) is 4.58. The Morgan fingerprint density at radius 3 is 1.53 bits per heavy atom. The standard InChI is InChI=1S/C24H26BrNO7S/c1-29-21-11-5-17(13-23(21)31-3)15-26(16-18-6-12-22(30-2)24(14-18)32-4)34(27,28)33-20-9-7-19(25)8-10-20/h5-14H,15-16H2,1-4H3. The number of ether oxygens (including phenoxy) is 4. The second-order valence-corrected chi connectivity index (χ2v) is 9.60. The van der Waals surface area contributed by atoms with Crippen molar-refractivity contribution in [3.05, 3.63) is 76.3 Å². The van der Waals surface area contributed by atoms with Crippen LogP contribution in [0.15, 0.2) is 65.1 Å². The zero-order valence-electron chi connectivity index (χ0n) is 19.3. The van der Waals surface area contributed by atoms with Gasteiger partial charge in [-0.2, -0.15) is 12.7 Å². The normalized spacial score (nSPS) is 11.2. The minimum atomic E-state index is -4.18. The summed E-state index contributed by atoms with van der Waals surface area (Å²) in [6, 6.07) is 17.0. The van der Waals surface area contributed by atoms with E-state index in [9.17, 15) is 8.42 Å². The van der Waals surface area contributed by atoms with E-state index in [1.807, 2.05) is 0 Å². The van der Waals surface area contributed by atoms with Crippen molar-refractivity contribution in [3.8, 4) is 28.7 Å². The summed E-state index contributed by atoms with van der Waals surface area (Å²) in [7, 11) is 1.95. The molecule has 0 bridgehead atoms. The van der Waals surface area contributed by atoms with E-state index in [0.717, 1.165) is 4.47 Å². The van der Waals surface area contributed by atoms with Crippen molar-refractivity contribution in [3.63, 3.8) is 0 Å². The lowest BCUT2D eigenvalue weighted by Gasteiger charge is -2.23. The van der Waals surface area contributed by atoms with Gasteiger partial charge < -0.3 is 23.1 Å². The van der Waals surface area contributed by atoms with E-state index in [2.05, 4.69) is 15.9 Å². The Hall–Kier alpha value is -2.95. The van der Waals surface area contributed by atoms with Crippen molar-refractivity contribution in [2.24, 2.45) is 0 Å². The topological polar surface area (TPSA) is 83.5 Å². The molecule has 0 aliphatic rings. The van der Waals surface area contributed by atoms with Crippen molar-refractivity contribution in [2.45, 2.75) is 13.1 Å². The zero-order chi connectivity index (χ0) is 24.7. The monoisotopic (exact) mass is 551 g/mol. The lowest BCUT2D eigenvalue weighted by Crippen LogP contribution is -2.33. The minimum Gasteiger partial charge on any atom is -0.493 e. The van der Waals surface area contributed by atoms with Gasteiger partial charge in [-0.15, -0.1) is 0 Å². The van der Waals surface area contributed by atoms with Crippen LogP contribution >= 0.6 is 15.9 Å². The third-order valence-corrected chi connectivity index (χ3v) is 6.77. The average molecular weight is 552 g/mol. The Morgan fingerprint density at radius 1 is 0.676 bits per heavy atom. The maximum Gasteiger partial charge on any atom is 0.385 e. The molecule has 0 atom stereocenters. The SMILES string of the molecule is COc1ccc(CN(Cc2ccc(OC)c(OC)c2)S(=O)(=O)Oc2ccc(Br)cc2)cc1OC. The summed E-state index contributed by atoms with van der Waals surface area (Å²) in [4.78, 5) is 0. The van der Waals surface area contributed by atoms with Crippen LogP contribution in [-0.2, 0) is 23.4 Å². The Labute approximate surface area is 208 Å². The average Bonchev–Trinajstić information content (AvgIpc) is 2.84. The lowest BCUT2D eigenvalue weighted by molar-refractivity contribution is 0.338. The van der Waals surface area contributed by atoms with Crippen LogP contribution in [0.25, 0.3) is 0 Å². The fourth-order valence-electron chi connectivity index (χ4n) is 3.24. The molecule has 0 aromatic heterocycles. The summed E-state index contributed by atoms with van der Waals surface area (Å²) >= 11 is 3.33. The molecule has 3 rings (SSSR count). The summed E-state index contributed by atoms with van der Waals surface area (Å²) in [6.45, 7) is 0.0706. The Balaban J connectivity index is 1.96. The summed E-state index contributed by atoms with van der Waals surface area (Å²) in [6.07, 6.45) is 0. The molecule has 0 amide bonds. The van der Waals surface area contributed by atoms with Crippen molar-refractivity contribution in [2.75, 3.05) is 28.4 Å². The van der Waals surface area contributed by atoms with Gasteiger partial charge in [0.05, 0.1) is 28.4 Å². The molecule has 0 heterocycles. The number of hydrogen-bond acceptors (Lipinski definition) is 7. The molecular formula is C24H26BrNO7S. The number of halogens is 1. The first kappa shape index (κ1) is 25.7. The van der Waals surface area contributed by atoms with Crippen LogP contribution in [0.1, 0.15) is 11.1 Å². The van der Waals surface area contributed by atoms with E-state index in [1.165, 1.54) is 32.7 Å². The molecule has 0 N–H and O–H groups in total. The van der Waals surface area contributed by atoms with Gasteiger partial charge in [0.2, 0.25) is 0 Å². The molecule has 0 saturated carbocycles. The van der Waals surface area contributed by atoms with Crippen molar-refractivity contribution >= 4 is 26.2 Å². The van der Waals surface area contributed by atoms with E-state index < -0.39 is 10.3 Å². The largest absolute Gasteiger partial charge is 0.493 e. The molecule has 0 aliphatic carbocycles. The van der Waals surface area contributed by atoms with Gasteiger partial charge in [0.1, 0.15) is 5.75 Å². The molecule has 0 spiro atoms. The highest BCUT2D eigenvalue weighted by atomic mass is 79.9. The third kappa shape index (κ3) is 6.34. The Kier molecular flexibility index (Phi) is 8.65. The van der Waals surface area contributed by atoms with Crippen LogP contribution in [0.5, 0.6) is 28.7 Å². The number of hydrogen-bond donors (Lipinski definition) is 0. The van der Waals surface area contributed by atoms with Crippen molar-refractivity contribution < 1.29 is 31.5 Å². The van der Waals surface area contributed by atoms with Gasteiger partial charge in [0.25, 0.3) is 0 Å². The number of benzene rings is 3. The molecule has 3 aromatic carbocycles. The van der Waals surface area contributed by atoms with Gasteiger partial charge in [-0.25, -0.2) is 0 Å². The molecule has 0 unspecified atom stereocenters. The van der Waals surface area contributed by atoms with Gasteiger partial charge in [-0.1, -0.05) is 28.1 Å². The molecule has 10 heteroatoms. The molecule has 0 radical (unpaired) electrons. The van der Waals surface area contributed by atoms with Crippen LogP contribution in [0.3, 0.4) is 0 Å². The Bertz CT molecular complexity index is 1160. The minimum absolute atomic E-state index is 0.0353. The van der Waals surface area contributed by atoms with E-state index in [4.69, 9.17) is 23.1 Å². The molecule has 0 fully saturated rings. The van der Waals surface area contributed by atoms with Gasteiger partial charge in [0, 0.05) is 17.6 Å². The molecular weight excluding hydrogens is 526 g/mol. The van der Waals surface area contributed by atoms with Crippen LogP contribution in [0.2, 0.25) is 0 Å². The maximum absolute atomic E-state index is 13.3. The van der Waals surface area contributed by atoms with Crippen LogP contribution in [0.4, 0.5) is 0 Å². The number of nitrogens with zero attached hydrogens (tertiary/aromatic N) is 1. The quantitative estimate of drug-likeness (QED) is 0.338. The number of methoxy groups -OCH3 is 4. The highest BCUT2D eigenvalue weighted by Crippen LogP contribution is 2.31. The summed E-state index contributed by atoms with van der Waals surface area (Å²) in [5.74, 6) is 2.29. The highest BCUT2D eigenvalue weighted by Gasteiger charge is 2.26. The van der Waals surface area contributed by atoms with Crippen LogP contribution < -0.4 is 23.1 Å². The summed E-state index contributed by atoms with van der Waals surface area (Å²) in [5.41, 5.74) is 1.39. The first-order valence-electron chi connectivity index (χ1n) is 10.2. The molecule has 0 aliphatic heterocycles. The summed E-state index contributed by atoms with van der Waals surface area (Å²) in [5, 5.41) is 0. The van der Waals surface area contributed by atoms with Crippen molar-refractivity contribution in [1.29, 1.82) is 0 Å². The first-order chi connectivity index (χ1) is 16.3. The van der Waals surface area contributed by atoms with Crippen molar-refractivity contribution in [1.82, 2.24) is 4.31 Å². The van der Waals surface area contributed by atoms with Gasteiger partial charge in [-0.3, -0.25) is 0 Å². The lowest BCUT2D eigenvalue weighted by atomic mass is 10.1. The van der Waals surface area contributed by atoms with E-state index in [0.29, 0.717) is 34.1 Å². The van der Waals surface area contributed by atoms with Gasteiger partial charge in [-0.05, 0) is 59.7 Å². The van der Waals surface area contributed by atoms with Gasteiger partial charge >= 0.3 is 10.3 Å². The Morgan fingerprint density at radius 2 is 1.12 bits per heavy atom.